The first-order valence-electron chi connectivity index (χ1n) is 7.43. The van der Waals surface area contributed by atoms with Gasteiger partial charge in [0.2, 0.25) is 15.9 Å². The van der Waals surface area contributed by atoms with Gasteiger partial charge in [-0.25, -0.2) is 18.1 Å². The maximum Gasteiger partial charge on any atom is 0.235 e. The number of amides is 1. The first kappa shape index (κ1) is 17.6. The second kappa shape index (κ2) is 7.71. The Morgan fingerprint density at radius 1 is 1.52 bits per heavy atom. The number of sulfonamides is 1. The third kappa shape index (κ3) is 5.77. The average molecular weight is 342 g/mol. The molecule has 1 fully saturated rings. The van der Waals surface area contributed by atoms with Crippen LogP contribution in [0.5, 0.6) is 0 Å². The number of hydrogen-bond donors (Lipinski definition) is 3. The summed E-state index contributed by atoms with van der Waals surface area (Å²) in [6.45, 7) is 1.29. The lowest BCUT2D eigenvalue weighted by atomic mass is 10.1. The number of pyridine rings is 1. The van der Waals surface area contributed by atoms with Crippen LogP contribution in [0, 0.1) is 0 Å². The lowest BCUT2D eigenvalue weighted by Gasteiger charge is -2.32. The Labute approximate surface area is 136 Å². The molecule has 1 aliphatic heterocycles. The molecule has 9 heteroatoms. The molecule has 1 amide bonds. The number of piperidine rings is 1. The van der Waals surface area contributed by atoms with Gasteiger partial charge in [-0.1, -0.05) is 6.07 Å². The molecule has 128 valence electrons. The highest BCUT2D eigenvalue weighted by atomic mass is 32.2. The summed E-state index contributed by atoms with van der Waals surface area (Å²) < 4.78 is 24.1. The molecule has 2 heterocycles. The van der Waals surface area contributed by atoms with Crippen molar-refractivity contribution in [3.63, 3.8) is 0 Å². The number of aliphatic hydroxyl groups is 1. The standard InChI is InChI=1S/C14H22N4O4S/c1-23(21,22)17-9-13(20)16-8-11-4-2-6-15-14(11)18-7-3-5-12(19)10-18/h2,4,6,12,17,19H,3,5,7-10H2,1H3,(H,16,20)/t12-/m1/s1. The number of β-amino-alcohol motifs (C(OH)–C–C–N with tert-alkyl or cyclic N) is 1. The highest BCUT2D eigenvalue weighted by Gasteiger charge is 2.21. The van der Waals surface area contributed by atoms with E-state index in [9.17, 15) is 18.3 Å². The summed E-state index contributed by atoms with van der Waals surface area (Å²) in [6, 6.07) is 3.63. The van der Waals surface area contributed by atoms with Gasteiger partial charge in [-0.15, -0.1) is 0 Å². The van der Waals surface area contributed by atoms with Crippen LogP contribution in [-0.2, 0) is 21.4 Å². The SMILES string of the molecule is CS(=O)(=O)NCC(=O)NCc1cccnc1N1CCC[C@@H](O)C1. The summed E-state index contributed by atoms with van der Waals surface area (Å²) in [7, 11) is -3.39. The van der Waals surface area contributed by atoms with Gasteiger partial charge in [0.25, 0.3) is 0 Å². The fraction of sp³-hybridized carbons (Fsp3) is 0.571. The van der Waals surface area contributed by atoms with Gasteiger partial charge in [0, 0.05) is 31.4 Å². The lowest BCUT2D eigenvalue weighted by molar-refractivity contribution is -0.120. The normalized spacial score (nSPS) is 18.7. The van der Waals surface area contributed by atoms with Crippen LogP contribution >= 0.6 is 0 Å². The smallest absolute Gasteiger partial charge is 0.235 e. The van der Waals surface area contributed by atoms with Crippen LogP contribution in [0.25, 0.3) is 0 Å². The van der Waals surface area contributed by atoms with Gasteiger partial charge in [-0.3, -0.25) is 4.79 Å². The largest absolute Gasteiger partial charge is 0.391 e. The van der Waals surface area contributed by atoms with Crippen molar-refractivity contribution in [3.8, 4) is 0 Å². The molecule has 0 spiro atoms. The Morgan fingerprint density at radius 2 is 2.30 bits per heavy atom. The van der Waals surface area contributed by atoms with Crippen LogP contribution in [0.4, 0.5) is 5.82 Å². The van der Waals surface area contributed by atoms with Crippen molar-refractivity contribution in [1.29, 1.82) is 0 Å². The molecule has 0 unspecified atom stereocenters. The van der Waals surface area contributed by atoms with Crippen LogP contribution in [-0.4, -0.2) is 56.4 Å². The second-order valence-electron chi connectivity index (χ2n) is 5.60. The zero-order valence-electron chi connectivity index (χ0n) is 13.0. The van der Waals surface area contributed by atoms with Gasteiger partial charge in [-0.05, 0) is 18.9 Å². The predicted molar refractivity (Wildman–Crippen MR) is 86.4 cm³/mol. The van der Waals surface area contributed by atoms with Gasteiger partial charge in [0.15, 0.2) is 0 Å². The van der Waals surface area contributed by atoms with Crippen molar-refractivity contribution >= 4 is 21.7 Å². The summed E-state index contributed by atoms with van der Waals surface area (Å²) in [6.07, 6.45) is 3.98. The van der Waals surface area contributed by atoms with Crippen molar-refractivity contribution in [2.75, 3.05) is 30.8 Å². The molecule has 1 aromatic heterocycles. The molecule has 2 rings (SSSR count). The Bertz CT molecular complexity index is 650. The van der Waals surface area contributed by atoms with Crippen LogP contribution < -0.4 is 14.9 Å². The number of carbonyl (C=O) groups is 1. The number of anilines is 1. The van der Waals surface area contributed by atoms with Crippen molar-refractivity contribution in [2.24, 2.45) is 0 Å². The monoisotopic (exact) mass is 342 g/mol. The molecule has 3 N–H and O–H groups in total. The Morgan fingerprint density at radius 3 is 3.00 bits per heavy atom. The summed E-state index contributed by atoms with van der Waals surface area (Å²) in [5, 5.41) is 12.5. The molecule has 0 radical (unpaired) electrons. The maximum absolute atomic E-state index is 11.7. The van der Waals surface area contributed by atoms with Gasteiger partial charge in [0.05, 0.1) is 18.9 Å². The van der Waals surface area contributed by atoms with Gasteiger partial charge in [0.1, 0.15) is 5.82 Å². The summed E-state index contributed by atoms with van der Waals surface area (Å²) >= 11 is 0. The molecule has 1 aromatic rings. The van der Waals surface area contributed by atoms with Crippen molar-refractivity contribution in [2.45, 2.75) is 25.5 Å². The molecule has 1 atom stereocenters. The van der Waals surface area contributed by atoms with Crippen LogP contribution in [0.3, 0.4) is 0 Å². The molecule has 8 nitrogen and oxygen atoms in total. The average Bonchev–Trinajstić information content (AvgIpc) is 2.50. The molecular formula is C14H22N4O4S. The van der Waals surface area contributed by atoms with E-state index < -0.39 is 15.9 Å². The minimum atomic E-state index is -3.39. The number of nitrogens with zero attached hydrogens (tertiary/aromatic N) is 2. The molecule has 0 saturated carbocycles. The number of carbonyl (C=O) groups excluding carboxylic acids is 1. The predicted octanol–water partition coefficient (Wildman–Crippen LogP) is -0.792. The van der Waals surface area contributed by atoms with Crippen LogP contribution in [0.2, 0.25) is 0 Å². The van der Waals surface area contributed by atoms with E-state index in [2.05, 4.69) is 15.0 Å². The Kier molecular flexibility index (Phi) is 5.91. The van der Waals surface area contributed by atoms with E-state index in [1.807, 2.05) is 11.0 Å². The minimum Gasteiger partial charge on any atom is -0.391 e. The molecule has 1 aliphatic rings. The molecule has 23 heavy (non-hydrogen) atoms. The fourth-order valence-corrected chi connectivity index (χ4v) is 2.85. The van der Waals surface area contributed by atoms with Gasteiger partial charge in [-0.2, -0.15) is 0 Å². The summed E-state index contributed by atoms with van der Waals surface area (Å²) in [5.41, 5.74) is 0.828. The van der Waals surface area contributed by atoms with Crippen molar-refractivity contribution in [3.05, 3.63) is 23.9 Å². The third-order valence-corrected chi connectivity index (χ3v) is 4.20. The quantitative estimate of drug-likeness (QED) is 0.625. The van der Waals surface area contributed by atoms with E-state index >= 15 is 0 Å². The zero-order valence-corrected chi connectivity index (χ0v) is 13.8. The molecular weight excluding hydrogens is 320 g/mol. The molecule has 0 aromatic carbocycles. The first-order chi connectivity index (χ1) is 10.8. The van der Waals surface area contributed by atoms with E-state index in [1.54, 1.807) is 12.3 Å². The van der Waals surface area contributed by atoms with E-state index in [-0.39, 0.29) is 19.2 Å². The third-order valence-electron chi connectivity index (χ3n) is 3.53. The summed E-state index contributed by atoms with van der Waals surface area (Å²) in [4.78, 5) is 18.0. The number of rotatable bonds is 6. The number of nitrogens with one attached hydrogen (secondary N) is 2. The van der Waals surface area contributed by atoms with E-state index in [0.717, 1.165) is 37.0 Å². The van der Waals surface area contributed by atoms with Crippen LogP contribution in [0.1, 0.15) is 18.4 Å². The van der Waals surface area contributed by atoms with E-state index in [0.29, 0.717) is 6.54 Å². The zero-order chi connectivity index (χ0) is 16.9. The summed E-state index contributed by atoms with van der Waals surface area (Å²) in [5.74, 6) is 0.325. The molecule has 1 saturated heterocycles. The van der Waals surface area contributed by atoms with Crippen molar-refractivity contribution < 1.29 is 18.3 Å². The van der Waals surface area contributed by atoms with Crippen LogP contribution in [0.15, 0.2) is 18.3 Å². The van der Waals surface area contributed by atoms with Gasteiger partial charge < -0.3 is 15.3 Å². The van der Waals surface area contributed by atoms with E-state index in [4.69, 9.17) is 0 Å². The highest BCUT2D eigenvalue weighted by Crippen LogP contribution is 2.21. The topological polar surface area (TPSA) is 112 Å². The number of hydrogen-bond acceptors (Lipinski definition) is 6. The maximum atomic E-state index is 11.7. The Hall–Kier alpha value is -1.71. The first-order valence-corrected chi connectivity index (χ1v) is 9.32. The molecule has 0 aliphatic carbocycles. The fourth-order valence-electron chi connectivity index (χ4n) is 2.45. The highest BCUT2D eigenvalue weighted by molar-refractivity contribution is 7.88. The minimum absolute atomic E-state index is 0.250. The number of aliphatic hydroxyl groups excluding tert-OH is 1. The second-order valence-corrected chi connectivity index (χ2v) is 7.43. The van der Waals surface area contributed by atoms with E-state index in [1.165, 1.54) is 0 Å². The lowest BCUT2D eigenvalue weighted by Crippen LogP contribution is -2.40. The molecule has 0 bridgehead atoms. The number of aromatic nitrogens is 1. The van der Waals surface area contributed by atoms with Crippen molar-refractivity contribution in [1.82, 2.24) is 15.0 Å². The van der Waals surface area contributed by atoms with Gasteiger partial charge >= 0.3 is 0 Å². The Balaban J connectivity index is 1.96.